The van der Waals surface area contributed by atoms with E-state index >= 15 is 0 Å². The Morgan fingerprint density at radius 2 is 1.85 bits per heavy atom. The summed E-state index contributed by atoms with van der Waals surface area (Å²) in [6.07, 6.45) is 2.45. The number of methoxy groups -OCH3 is 2. The molecule has 0 bridgehead atoms. The molecule has 0 radical (unpaired) electrons. The largest absolute Gasteiger partial charge is 0.496 e. The molecule has 0 saturated heterocycles. The second kappa shape index (κ2) is 5.05. The Morgan fingerprint density at radius 1 is 1.15 bits per heavy atom. The van der Waals surface area contributed by atoms with E-state index in [9.17, 15) is 0 Å². The van der Waals surface area contributed by atoms with Gasteiger partial charge < -0.3 is 9.47 Å². The van der Waals surface area contributed by atoms with Gasteiger partial charge in [-0.3, -0.25) is 0 Å². The molecule has 0 spiro atoms. The third-order valence-corrected chi connectivity index (χ3v) is 4.18. The molecule has 2 aromatic carbocycles. The number of rotatable bonds is 3. The number of benzene rings is 2. The molecule has 3 heteroatoms. The van der Waals surface area contributed by atoms with Crippen molar-refractivity contribution in [2.45, 2.75) is 25.2 Å². The van der Waals surface area contributed by atoms with Crippen LogP contribution >= 0.6 is 0 Å². The summed E-state index contributed by atoms with van der Waals surface area (Å²) in [6, 6.07) is 10.5. The molecule has 0 aromatic heterocycles. The number of hydrogen-bond acceptors (Lipinski definition) is 3. The lowest BCUT2D eigenvalue weighted by Crippen LogP contribution is -2.11. The van der Waals surface area contributed by atoms with Crippen molar-refractivity contribution in [3.05, 3.63) is 35.4 Å². The van der Waals surface area contributed by atoms with Crippen molar-refractivity contribution in [3.63, 3.8) is 0 Å². The summed E-state index contributed by atoms with van der Waals surface area (Å²) in [4.78, 5) is 0. The zero-order valence-corrected chi connectivity index (χ0v) is 11.8. The quantitative estimate of drug-likeness (QED) is 0.849. The fourth-order valence-electron chi connectivity index (χ4n) is 3.28. The highest BCUT2D eigenvalue weighted by atomic mass is 16.5. The molecule has 102 valence electrons. The van der Waals surface area contributed by atoms with E-state index in [1.54, 1.807) is 14.2 Å². The predicted molar refractivity (Wildman–Crippen MR) is 78.3 cm³/mol. The molecule has 20 heavy (non-hydrogen) atoms. The van der Waals surface area contributed by atoms with E-state index < -0.39 is 0 Å². The van der Waals surface area contributed by atoms with Crippen LogP contribution in [0.3, 0.4) is 0 Å². The van der Waals surface area contributed by atoms with Gasteiger partial charge >= 0.3 is 0 Å². The lowest BCUT2D eigenvalue weighted by atomic mass is 9.79. The second-order valence-electron chi connectivity index (χ2n) is 5.12. The van der Waals surface area contributed by atoms with Gasteiger partial charge in [0.2, 0.25) is 0 Å². The van der Waals surface area contributed by atoms with E-state index in [0.29, 0.717) is 6.42 Å². The minimum absolute atomic E-state index is 0.248. The zero-order valence-electron chi connectivity index (χ0n) is 11.8. The van der Waals surface area contributed by atoms with E-state index in [-0.39, 0.29) is 5.92 Å². The lowest BCUT2D eigenvalue weighted by Gasteiger charge is -2.27. The lowest BCUT2D eigenvalue weighted by molar-refractivity contribution is 0.399. The van der Waals surface area contributed by atoms with Gasteiger partial charge in [0.05, 0.1) is 20.3 Å². The summed E-state index contributed by atoms with van der Waals surface area (Å²) in [5.74, 6) is 2.06. The molecule has 0 aliphatic heterocycles. The number of nitrogens with zero attached hydrogens (tertiary/aromatic N) is 1. The average Bonchev–Trinajstić information content (AvgIpc) is 2.50. The first-order chi connectivity index (χ1) is 9.80. The van der Waals surface area contributed by atoms with Crippen LogP contribution in [-0.4, -0.2) is 14.2 Å². The standard InChI is InChI=1S/C17H17NO2/c1-19-14-7-4-11-5-8-15(20-2)17-12(9-10-18)3-6-13(14)16(11)17/h4-5,7-8,12H,3,6,9H2,1-2H3. The van der Waals surface area contributed by atoms with Crippen molar-refractivity contribution < 1.29 is 9.47 Å². The molecule has 0 N–H and O–H groups in total. The van der Waals surface area contributed by atoms with Crippen molar-refractivity contribution in [2.75, 3.05) is 14.2 Å². The average molecular weight is 267 g/mol. The second-order valence-corrected chi connectivity index (χ2v) is 5.12. The van der Waals surface area contributed by atoms with Crippen LogP contribution in [0, 0.1) is 11.3 Å². The highest BCUT2D eigenvalue weighted by molar-refractivity contribution is 5.93. The highest BCUT2D eigenvalue weighted by Crippen LogP contribution is 2.45. The van der Waals surface area contributed by atoms with Gasteiger partial charge in [0.15, 0.2) is 0 Å². The van der Waals surface area contributed by atoms with Gasteiger partial charge in [-0.15, -0.1) is 0 Å². The van der Waals surface area contributed by atoms with Crippen LogP contribution in [-0.2, 0) is 6.42 Å². The zero-order chi connectivity index (χ0) is 14.1. The van der Waals surface area contributed by atoms with Crippen molar-refractivity contribution in [1.82, 2.24) is 0 Å². The van der Waals surface area contributed by atoms with Gasteiger partial charge in [-0.25, -0.2) is 0 Å². The number of aryl methyl sites for hydroxylation is 1. The number of hydrogen-bond donors (Lipinski definition) is 0. The fraction of sp³-hybridized carbons (Fsp3) is 0.353. The SMILES string of the molecule is COc1ccc2ccc(OC)c3c2c1CCC3CC#N. The predicted octanol–water partition coefficient (Wildman–Crippen LogP) is 3.80. The summed E-state index contributed by atoms with van der Waals surface area (Å²) < 4.78 is 11.0. The van der Waals surface area contributed by atoms with E-state index in [1.807, 2.05) is 12.1 Å². The van der Waals surface area contributed by atoms with Gasteiger partial charge in [0.25, 0.3) is 0 Å². The summed E-state index contributed by atoms with van der Waals surface area (Å²) in [7, 11) is 3.40. The molecule has 1 unspecified atom stereocenters. The van der Waals surface area contributed by atoms with Crippen LogP contribution in [0.25, 0.3) is 10.8 Å². The van der Waals surface area contributed by atoms with E-state index in [4.69, 9.17) is 14.7 Å². The van der Waals surface area contributed by atoms with Crippen molar-refractivity contribution in [1.29, 1.82) is 5.26 Å². The fourth-order valence-corrected chi connectivity index (χ4v) is 3.28. The molecular formula is C17H17NO2. The molecule has 1 aliphatic carbocycles. The monoisotopic (exact) mass is 267 g/mol. The van der Waals surface area contributed by atoms with Crippen LogP contribution < -0.4 is 9.47 Å². The first-order valence-electron chi connectivity index (χ1n) is 6.83. The number of ether oxygens (including phenoxy) is 2. The topological polar surface area (TPSA) is 42.2 Å². The molecule has 0 saturated carbocycles. The van der Waals surface area contributed by atoms with Crippen LogP contribution in [0.1, 0.15) is 29.9 Å². The Morgan fingerprint density at radius 3 is 2.50 bits per heavy atom. The maximum absolute atomic E-state index is 9.07. The van der Waals surface area contributed by atoms with Gasteiger partial charge in [0.1, 0.15) is 11.5 Å². The van der Waals surface area contributed by atoms with Crippen molar-refractivity contribution in [2.24, 2.45) is 0 Å². The number of nitriles is 1. The summed E-state index contributed by atoms with van der Waals surface area (Å²) in [6.45, 7) is 0. The van der Waals surface area contributed by atoms with Gasteiger partial charge in [-0.05, 0) is 35.7 Å². The van der Waals surface area contributed by atoms with Crippen molar-refractivity contribution >= 4 is 10.8 Å². The summed E-state index contributed by atoms with van der Waals surface area (Å²) in [5.41, 5.74) is 2.42. The minimum Gasteiger partial charge on any atom is -0.496 e. The Labute approximate surface area is 118 Å². The van der Waals surface area contributed by atoms with E-state index in [2.05, 4.69) is 18.2 Å². The summed E-state index contributed by atoms with van der Waals surface area (Å²) in [5, 5.41) is 11.5. The highest BCUT2D eigenvalue weighted by Gasteiger charge is 2.27. The molecule has 1 aliphatic rings. The van der Waals surface area contributed by atoms with Crippen LogP contribution in [0.15, 0.2) is 24.3 Å². The van der Waals surface area contributed by atoms with Crippen molar-refractivity contribution in [3.8, 4) is 17.6 Å². The molecule has 1 atom stereocenters. The maximum Gasteiger partial charge on any atom is 0.123 e. The van der Waals surface area contributed by atoms with Crippen LogP contribution in [0.5, 0.6) is 11.5 Å². The summed E-state index contributed by atoms with van der Waals surface area (Å²) >= 11 is 0. The first-order valence-corrected chi connectivity index (χ1v) is 6.83. The Balaban J connectivity index is 2.35. The van der Waals surface area contributed by atoms with Crippen LogP contribution in [0.4, 0.5) is 0 Å². The molecule has 3 nitrogen and oxygen atoms in total. The Kier molecular flexibility index (Phi) is 3.23. The smallest absolute Gasteiger partial charge is 0.123 e. The Bertz CT molecular complexity index is 695. The molecule has 2 aromatic rings. The van der Waals surface area contributed by atoms with E-state index in [1.165, 1.54) is 21.9 Å². The maximum atomic E-state index is 9.07. The third kappa shape index (κ3) is 1.80. The van der Waals surface area contributed by atoms with Gasteiger partial charge in [-0.2, -0.15) is 5.26 Å². The molecule has 3 rings (SSSR count). The molecule has 0 heterocycles. The normalized spacial score (nSPS) is 16.8. The van der Waals surface area contributed by atoms with Gasteiger partial charge in [-0.1, -0.05) is 12.1 Å². The molecule has 0 fully saturated rings. The minimum atomic E-state index is 0.248. The molecule has 0 amide bonds. The van der Waals surface area contributed by atoms with E-state index in [0.717, 1.165) is 24.3 Å². The van der Waals surface area contributed by atoms with Gasteiger partial charge in [0, 0.05) is 23.5 Å². The Hall–Kier alpha value is -2.21. The first kappa shape index (κ1) is 12.8. The molecular weight excluding hydrogens is 250 g/mol. The van der Waals surface area contributed by atoms with Crippen LogP contribution in [0.2, 0.25) is 0 Å². The third-order valence-electron chi connectivity index (χ3n) is 4.18.